The monoisotopic (exact) mass is 380 g/mol. The van der Waals surface area contributed by atoms with Crippen LogP contribution in [0.1, 0.15) is 23.6 Å². The van der Waals surface area contributed by atoms with E-state index in [1.54, 1.807) is 6.92 Å². The Morgan fingerprint density at radius 2 is 1.62 bits per heavy atom. The molecule has 0 saturated carbocycles. The first-order valence-electron chi connectivity index (χ1n) is 8.00. The van der Waals surface area contributed by atoms with E-state index in [0.717, 1.165) is 26.5 Å². The van der Waals surface area contributed by atoms with Crippen molar-refractivity contribution in [2.75, 3.05) is 0 Å². The standard InChI is InChI=1S/C22H20O2S2/c1-5-21(23)25-20-13-10-18(16(4)14-20)9-6-17-7-11-19(12-8-17)26-22(24)15(2)3/h5-14H,1-2H2,3-4H3/b9-6+. The summed E-state index contributed by atoms with van der Waals surface area (Å²) in [5.74, 6) is 0. The molecular weight excluding hydrogens is 360 g/mol. The van der Waals surface area contributed by atoms with Gasteiger partial charge in [0.2, 0.25) is 10.2 Å². The molecule has 0 aliphatic rings. The van der Waals surface area contributed by atoms with Crippen LogP contribution in [0.25, 0.3) is 12.2 Å². The molecule has 2 nitrogen and oxygen atoms in total. The summed E-state index contributed by atoms with van der Waals surface area (Å²) < 4.78 is 0. The van der Waals surface area contributed by atoms with E-state index in [1.807, 2.05) is 61.5 Å². The van der Waals surface area contributed by atoms with Gasteiger partial charge in [-0.3, -0.25) is 9.59 Å². The lowest BCUT2D eigenvalue weighted by molar-refractivity contribution is -0.108. The number of thioether (sulfide) groups is 2. The van der Waals surface area contributed by atoms with Crippen LogP contribution in [0, 0.1) is 6.92 Å². The minimum absolute atomic E-state index is 0.0168. The Morgan fingerprint density at radius 3 is 2.19 bits per heavy atom. The highest BCUT2D eigenvalue weighted by Gasteiger charge is 2.05. The normalized spacial score (nSPS) is 10.7. The summed E-state index contributed by atoms with van der Waals surface area (Å²) in [5, 5.41) is -0.0763. The van der Waals surface area contributed by atoms with Crippen LogP contribution in [-0.4, -0.2) is 10.2 Å². The van der Waals surface area contributed by atoms with E-state index in [1.165, 1.54) is 29.6 Å². The van der Waals surface area contributed by atoms with Crippen molar-refractivity contribution >= 4 is 45.9 Å². The molecule has 0 amide bonds. The van der Waals surface area contributed by atoms with Crippen LogP contribution in [0.15, 0.2) is 77.1 Å². The number of hydrogen-bond donors (Lipinski definition) is 0. The lowest BCUT2D eigenvalue weighted by Gasteiger charge is -2.04. The van der Waals surface area contributed by atoms with Crippen molar-refractivity contribution in [3.63, 3.8) is 0 Å². The predicted octanol–water partition coefficient (Wildman–Crippen LogP) is 6.16. The predicted molar refractivity (Wildman–Crippen MR) is 113 cm³/mol. The van der Waals surface area contributed by atoms with Gasteiger partial charge in [0, 0.05) is 9.79 Å². The molecule has 0 saturated heterocycles. The van der Waals surface area contributed by atoms with Crippen LogP contribution in [0.4, 0.5) is 0 Å². The molecule has 0 aliphatic carbocycles. The highest BCUT2D eigenvalue weighted by molar-refractivity contribution is 8.14. The molecule has 132 valence electrons. The Kier molecular flexibility index (Phi) is 7.25. The van der Waals surface area contributed by atoms with E-state index in [9.17, 15) is 9.59 Å². The van der Waals surface area contributed by atoms with Crippen LogP contribution in [0.5, 0.6) is 0 Å². The third-order valence-corrected chi connectivity index (χ3v) is 5.42. The Balaban J connectivity index is 2.07. The number of carbonyl (C=O) groups excluding carboxylic acids is 2. The fourth-order valence-electron chi connectivity index (χ4n) is 2.08. The van der Waals surface area contributed by atoms with Crippen molar-refractivity contribution in [1.29, 1.82) is 0 Å². The average molecular weight is 381 g/mol. The van der Waals surface area contributed by atoms with Gasteiger partial charge in [-0.25, -0.2) is 0 Å². The first kappa shape index (κ1) is 20.0. The summed E-state index contributed by atoms with van der Waals surface area (Å²) >= 11 is 2.36. The molecule has 0 N–H and O–H groups in total. The maximum atomic E-state index is 11.7. The smallest absolute Gasteiger partial charge is 0.219 e. The molecule has 0 atom stereocenters. The third-order valence-electron chi connectivity index (χ3n) is 3.52. The number of benzene rings is 2. The summed E-state index contributed by atoms with van der Waals surface area (Å²) in [6.07, 6.45) is 5.39. The van der Waals surface area contributed by atoms with Crippen LogP contribution < -0.4 is 0 Å². The second-order valence-electron chi connectivity index (χ2n) is 5.72. The van der Waals surface area contributed by atoms with Crippen LogP contribution in [0.2, 0.25) is 0 Å². The van der Waals surface area contributed by atoms with Gasteiger partial charge in [0.1, 0.15) is 0 Å². The quantitative estimate of drug-likeness (QED) is 0.341. The number of hydrogen-bond acceptors (Lipinski definition) is 4. The van der Waals surface area contributed by atoms with Crippen molar-refractivity contribution in [2.24, 2.45) is 0 Å². The molecule has 0 aliphatic heterocycles. The molecule has 0 radical (unpaired) electrons. The maximum Gasteiger partial charge on any atom is 0.219 e. The summed E-state index contributed by atoms with van der Waals surface area (Å²) in [7, 11) is 0. The molecule has 0 spiro atoms. The molecule has 4 heteroatoms. The lowest BCUT2D eigenvalue weighted by Crippen LogP contribution is -1.90. The molecule has 0 fully saturated rings. The Hall–Kier alpha value is -2.30. The van der Waals surface area contributed by atoms with Crippen molar-refractivity contribution in [1.82, 2.24) is 0 Å². The highest BCUT2D eigenvalue weighted by Crippen LogP contribution is 2.25. The zero-order valence-corrected chi connectivity index (χ0v) is 16.5. The molecule has 0 aromatic heterocycles. The Morgan fingerprint density at radius 1 is 0.962 bits per heavy atom. The Labute approximate surface area is 163 Å². The second kappa shape index (κ2) is 9.41. The van der Waals surface area contributed by atoms with Crippen LogP contribution in [-0.2, 0) is 9.59 Å². The summed E-state index contributed by atoms with van der Waals surface area (Å²) in [6, 6.07) is 13.7. The maximum absolute atomic E-state index is 11.7. The van der Waals surface area contributed by atoms with E-state index in [4.69, 9.17) is 0 Å². The van der Waals surface area contributed by atoms with Gasteiger partial charge >= 0.3 is 0 Å². The first-order chi connectivity index (χ1) is 12.4. The van der Waals surface area contributed by atoms with Gasteiger partial charge in [-0.1, -0.05) is 43.5 Å². The topological polar surface area (TPSA) is 34.1 Å². The average Bonchev–Trinajstić information content (AvgIpc) is 2.62. The SMILES string of the molecule is C=CC(=O)Sc1ccc(/C=C/c2ccc(SC(=O)C(=C)C)cc2)c(C)c1. The number of rotatable bonds is 6. The largest absolute Gasteiger partial charge is 0.282 e. The molecule has 26 heavy (non-hydrogen) atoms. The van der Waals surface area contributed by atoms with E-state index >= 15 is 0 Å². The summed E-state index contributed by atoms with van der Waals surface area (Å²) in [4.78, 5) is 24.9. The molecule has 2 aromatic rings. The third kappa shape index (κ3) is 5.90. The fraction of sp³-hybridized carbons (Fsp3) is 0.0909. The van der Waals surface area contributed by atoms with E-state index in [-0.39, 0.29) is 10.2 Å². The first-order valence-corrected chi connectivity index (χ1v) is 9.63. The van der Waals surface area contributed by atoms with Crippen LogP contribution >= 0.6 is 23.5 Å². The van der Waals surface area contributed by atoms with Crippen LogP contribution in [0.3, 0.4) is 0 Å². The van der Waals surface area contributed by atoms with Gasteiger partial charge in [-0.05, 0) is 90.0 Å². The summed E-state index contributed by atoms with van der Waals surface area (Å²) in [6.45, 7) is 10.9. The van der Waals surface area contributed by atoms with Gasteiger partial charge in [-0.2, -0.15) is 0 Å². The van der Waals surface area contributed by atoms with Gasteiger partial charge < -0.3 is 0 Å². The van der Waals surface area contributed by atoms with Crippen molar-refractivity contribution < 1.29 is 9.59 Å². The molecular formula is C22H20O2S2. The van der Waals surface area contributed by atoms with E-state index in [2.05, 4.69) is 13.2 Å². The van der Waals surface area contributed by atoms with Crippen molar-refractivity contribution in [3.8, 4) is 0 Å². The van der Waals surface area contributed by atoms with Crippen molar-refractivity contribution in [3.05, 3.63) is 84.0 Å². The second-order valence-corrected chi connectivity index (χ2v) is 7.84. The van der Waals surface area contributed by atoms with Gasteiger partial charge in [-0.15, -0.1) is 0 Å². The Bertz CT molecular complexity index is 878. The molecule has 2 aromatic carbocycles. The summed E-state index contributed by atoms with van der Waals surface area (Å²) in [5.41, 5.74) is 3.79. The molecule has 0 bridgehead atoms. The minimum atomic E-state index is -0.0595. The highest BCUT2D eigenvalue weighted by atomic mass is 32.2. The molecule has 0 heterocycles. The van der Waals surface area contributed by atoms with Gasteiger partial charge in [0.15, 0.2) is 0 Å². The number of aryl methyl sites for hydroxylation is 1. The minimum Gasteiger partial charge on any atom is -0.282 e. The molecule has 0 unspecified atom stereocenters. The number of carbonyl (C=O) groups is 2. The van der Waals surface area contributed by atoms with E-state index in [0.29, 0.717) is 5.57 Å². The van der Waals surface area contributed by atoms with E-state index < -0.39 is 0 Å². The lowest BCUT2D eigenvalue weighted by atomic mass is 10.1. The van der Waals surface area contributed by atoms with Gasteiger partial charge in [0.25, 0.3) is 0 Å². The van der Waals surface area contributed by atoms with Crippen molar-refractivity contribution in [2.45, 2.75) is 23.6 Å². The van der Waals surface area contributed by atoms with Gasteiger partial charge in [0.05, 0.1) is 0 Å². The zero-order chi connectivity index (χ0) is 19.1. The fourth-order valence-corrected chi connectivity index (χ4v) is 3.43. The molecule has 2 rings (SSSR count). The zero-order valence-electron chi connectivity index (χ0n) is 14.8.